The zero-order chi connectivity index (χ0) is 31.2. The van der Waals surface area contributed by atoms with Gasteiger partial charge in [-0.15, -0.1) is 0 Å². The van der Waals surface area contributed by atoms with Gasteiger partial charge in [0.25, 0.3) is 5.91 Å². The lowest BCUT2D eigenvalue weighted by molar-refractivity contribution is 0.0947. The van der Waals surface area contributed by atoms with Gasteiger partial charge in [0.05, 0.1) is 30.6 Å². The number of carbonyl (C=O) groups is 2. The van der Waals surface area contributed by atoms with Gasteiger partial charge in [0.1, 0.15) is 42.1 Å². The van der Waals surface area contributed by atoms with Crippen molar-refractivity contribution in [3.63, 3.8) is 0 Å². The number of aromatic nitrogens is 7. The second kappa shape index (κ2) is 13.2. The van der Waals surface area contributed by atoms with E-state index in [1.54, 1.807) is 23.7 Å². The van der Waals surface area contributed by atoms with Crippen LogP contribution in [-0.4, -0.2) is 85.3 Å². The van der Waals surface area contributed by atoms with Crippen LogP contribution in [0, 0.1) is 5.82 Å². The third-order valence-electron chi connectivity index (χ3n) is 7.15. The van der Waals surface area contributed by atoms with Crippen LogP contribution in [0.2, 0.25) is 0 Å². The smallest absolute Gasteiger partial charge is 0.346 e. The fourth-order valence-corrected chi connectivity index (χ4v) is 4.76. The molecule has 15 heteroatoms. The molecule has 5 aromatic rings. The van der Waals surface area contributed by atoms with Crippen molar-refractivity contribution in [2.24, 2.45) is 0 Å². The number of fused-ring (bicyclic) bond motifs is 1. The molecule has 0 aliphatic rings. The average molecular weight is 603 g/mol. The molecule has 0 saturated carbocycles. The number of methoxy groups -OCH3 is 2. The number of likely N-dealkylation sites (N-methyl/N-ethyl adjacent to an activating group) is 1. The van der Waals surface area contributed by atoms with Gasteiger partial charge in [-0.3, -0.25) is 4.79 Å². The van der Waals surface area contributed by atoms with Gasteiger partial charge < -0.3 is 25.4 Å². The highest BCUT2D eigenvalue weighted by atomic mass is 19.1. The maximum atomic E-state index is 13.7. The van der Waals surface area contributed by atoms with Crippen molar-refractivity contribution >= 4 is 28.8 Å². The molecule has 0 saturated heterocycles. The summed E-state index contributed by atoms with van der Waals surface area (Å²) in [5.41, 5.74) is 9.03. The molecule has 3 heterocycles. The van der Waals surface area contributed by atoms with E-state index in [1.165, 1.54) is 38.2 Å². The molecule has 3 N–H and O–H groups in total. The highest BCUT2D eigenvalue weighted by Crippen LogP contribution is 2.31. The normalized spacial score (nSPS) is 11.8. The number of amides is 2. The predicted molar refractivity (Wildman–Crippen MR) is 158 cm³/mol. The van der Waals surface area contributed by atoms with Crippen molar-refractivity contribution in [1.29, 1.82) is 0 Å². The first-order valence-electron chi connectivity index (χ1n) is 13.6. The lowest BCUT2D eigenvalue weighted by Crippen LogP contribution is -2.43. The molecule has 228 valence electrons. The SMILES string of the molecule is COCCC(Cn1nc(-c2ccc(CNC(=O)c3cc(F)ccc3OC)cc2)c2c(N)ncnc21)N(C)C(=O)n1cncn1. The molecular formula is C29H31FN10O4. The number of nitrogen functional groups attached to an aromatic ring is 1. The molecule has 0 radical (unpaired) electrons. The average Bonchev–Trinajstić information content (AvgIpc) is 3.71. The predicted octanol–water partition coefficient (Wildman–Crippen LogP) is 2.75. The van der Waals surface area contributed by atoms with E-state index >= 15 is 0 Å². The van der Waals surface area contributed by atoms with Crippen molar-refractivity contribution in [2.45, 2.75) is 25.6 Å². The zero-order valence-electron chi connectivity index (χ0n) is 24.3. The summed E-state index contributed by atoms with van der Waals surface area (Å²) in [4.78, 5) is 39.8. The first kappa shape index (κ1) is 30.0. The molecule has 5 rings (SSSR count). The van der Waals surface area contributed by atoms with Gasteiger partial charge in [-0.25, -0.2) is 28.8 Å². The van der Waals surface area contributed by atoms with E-state index < -0.39 is 11.7 Å². The molecular weight excluding hydrogens is 571 g/mol. The Labute approximate surface area is 251 Å². The van der Waals surface area contributed by atoms with Crippen molar-refractivity contribution < 1.29 is 23.5 Å². The van der Waals surface area contributed by atoms with Gasteiger partial charge in [0.2, 0.25) is 0 Å². The van der Waals surface area contributed by atoms with Crippen molar-refractivity contribution in [3.8, 4) is 17.0 Å². The van der Waals surface area contributed by atoms with E-state index in [4.69, 9.17) is 20.3 Å². The first-order chi connectivity index (χ1) is 21.3. The van der Waals surface area contributed by atoms with Crippen LogP contribution in [0.5, 0.6) is 5.75 Å². The Morgan fingerprint density at radius 3 is 2.61 bits per heavy atom. The molecule has 2 amide bonds. The minimum Gasteiger partial charge on any atom is -0.496 e. The summed E-state index contributed by atoms with van der Waals surface area (Å²) >= 11 is 0. The second-order valence-corrected chi connectivity index (χ2v) is 9.88. The van der Waals surface area contributed by atoms with E-state index in [0.29, 0.717) is 36.3 Å². The number of benzene rings is 2. The maximum absolute atomic E-state index is 13.7. The summed E-state index contributed by atoms with van der Waals surface area (Å²) in [7, 11) is 4.70. The van der Waals surface area contributed by atoms with Crippen LogP contribution in [0.1, 0.15) is 22.3 Å². The quantitative estimate of drug-likeness (QED) is 0.229. The number of hydrogen-bond acceptors (Lipinski definition) is 10. The third kappa shape index (κ3) is 6.32. The number of nitrogens with zero attached hydrogens (tertiary/aromatic N) is 8. The monoisotopic (exact) mass is 602 g/mol. The van der Waals surface area contributed by atoms with Gasteiger partial charge in [-0.05, 0) is 30.2 Å². The van der Waals surface area contributed by atoms with E-state index in [9.17, 15) is 14.0 Å². The largest absolute Gasteiger partial charge is 0.496 e. The lowest BCUT2D eigenvalue weighted by Gasteiger charge is -2.27. The number of nitrogens with one attached hydrogen (secondary N) is 1. The molecule has 0 bridgehead atoms. The summed E-state index contributed by atoms with van der Waals surface area (Å²) < 4.78 is 27.1. The first-order valence-corrected chi connectivity index (χ1v) is 13.6. The number of ether oxygens (including phenoxy) is 2. The summed E-state index contributed by atoms with van der Waals surface area (Å²) in [6.45, 7) is 0.903. The highest BCUT2D eigenvalue weighted by molar-refractivity contribution is 5.98. The van der Waals surface area contributed by atoms with Gasteiger partial charge in [0.15, 0.2) is 5.65 Å². The standard InChI is InChI=1S/C29H31FN10O4/c1-38(29(42)40-17-32-15-36-40)21(10-11-43-2)14-39-27-24(26(31)34-16-35-27)25(37-39)19-6-4-18(5-7-19)13-33-28(41)22-12-20(30)8-9-23(22)44-3/h4-9,12,15-17,21H,10-11,13-14H2,1-3H3,(H,33,41)(H2,31,34,35). The molecule has 0 fully saturated rings. The minimum atomic E-state index is -0.534. The number of rotatable bonds is 11. The summed E-state index contributed by atoms with van der Waals surface area (Å²) in [6, 6.07) is 10.5. The molecule has 44 heavy (non-hydrogen) atoms. The van der Waals surface area contributed by atoms with E-state index in [1.807, 2.05) is 24.3 Å². The van der Waals surface area contributed by atoms with Gasteiger partial charge in [-0.1, -0.05) is 24.3 Å². The minimum absolute atomic E-state index is 0.106. The Bertz CT molecular complexity index is 1760. The fraction of sp³-hybridized carbons (Fsp3) is 0.276. The number of halogens is 1. The molecule has 1 unspecified atom stereocenters. The topological polar surface area (TPSA) is 168 Å². The molecule has 0 aliphatic heterocycles. The summed E-state index contributed by atoms with van der Waals surface area (Å²) in [5.74, 6) is -0.457. The van der Waals surface area contributed by atoms with E-state index in [0.717, 1.165) is 21.9 Å². The van der Waals surface area contributed by atoms with Crippen LogP contribution >= 0.6 is 0 Å². The van der Waals surface area contributed by atoms with Crippen molar-refractivity contribution in [1.82, 2.24) is 44.7 Å². The van der Waals surface area contributed by atoms with Crippen LogP contribution in [-0.2, 0) is 17.8 Å². The fourth-order valence-electron chi connectivity index (χ4n) is 4.76. The van der Waals surface area contributed by atoms with E-state index in [-0.39, 0.29) is 35.7 Å². The molecule has 1 atom stereocenters. The Balaban J connectivity index is 1.38. The number of nitrogens with two attached hydrogens (primary N) is 1. The molecule has 2 aromatic carbocycles. The second-order valence-electron chi connectivity index (χ2n) is 9.88. The van der Waals surface area contributed by atoms with Crippen LogP contribution in [0.25, 0.3) is 22.3 Å². The lowest BCUT2D eigenvalue weighted by atomic mass is 10.1. The molecule has 0 spiro atoms. The van der Waals surface area contributed by atoms with Gasteiger partial charge in [-0.2, -0.15) is 14.9 Å². The highest BCUT2D eigenvalue weighted by Gasteiger charge is 2.25. The van der Waals surface area contributed by atoms with Gasteiger partial charge in [0, 0.05) is 32.9 Å². The maximum Gasteiger partial charge on any atom is 0.346 e. The zero-order valence-corrected chi connectivity index (χ0v) is 24.3. The Morgan fingerprint density at radius 2 is 1.91 bits per heavy atom. The van der Waals surface area contributed by atoms with Crippen LogP contribution in [0.3, 0.4) is 0 Å². The Kier molecular flexibility index (Phi) is 9.04. The van der Waals surface area contributed by atoms with Crippen LogP contribution in [0.15, 0.2) is 61.4 Å². The van der Waals surface area contributed by atoms with E-state index in [2.05, 4.69) is 25.4 Å². The molecule has 3 aromatic heterocycles. The number of hydrogen-bond donors (Lipinski definition) is 2. The molecule has 0 aliphatic carbocycles. The Morgan fingerprint density at radius 1 is 1.11 bits per heavy atom. The van der Waals surface area contributed by atoms with Crippen LogP contribution in [0.4, 0.5) is 15.0 Å². The number of carbonyl (C=O) groups excluding carboxylic acids is 2. The summed E-state index contributed by atoms with van der Waals surface area (Å²) in [5, 5.41) is 12.2. The third-order valence-corrected chi connectivity index (χ3v) is 7.15. The Hall–Kier alpha value is -5.44. The number of anilines is 1. The molecule has 14 nitrogen and oxygen atoms in total. The summed E-state index contributed by atoms with van der Waals surface area (Å²) in [6.07, 6.45) is 4.53. The van der Waals surface area contributed by atoms with Crippen molar-refractivity contribution in [3.05, 3.63) is 78.4 Å². The van der Waals surface area contributed by atoms with Crippen molar-refractivity contribution in [2.75, 3.05) is 33.6 Å². The van der Waals surface area contributed by atoms with Gasteiger partial charge >= 0.3 is 6.03 Å². The van der Waals surface area contributed by atoms with Crippen LogP contribution < -0.4 is 15.8 Å².